The molecular formula is C15H26N4. The predicted octanol–water partition coefficient (Wildman–Crippen LogP) is 0.665. The van der Waals surface area contributed by atoms with Crippen LogP contribution in [0.25, 0.3) is 0 Å². The van der Waals surface area contributed by atoms with Crippen LogP contribution in [-0.2, 0) is 0 Å². The first-order valence-corrected chi connectivity index (χ1v) is 7.25. The normalized spacial score (nSPS) is 16.8. The predicted molar refractivity (Wildman–Crippen MR) is 81.8 cm³/mol. The molecule has 0 aromatic heterocycles. The van der Waals surface area contributed by atoms with E-state index in [-0.39, 0.29) is 0 Å². The first kappa shape index (κ1) is 14.3. The second-order valence-electron chi connectivity index (χ2n) is 5.15. The van der Waals surface area contributed by atoms with Crippen molar-refractivity contribution in [3.8, 4) is 0 Å². The Bertz CT molecular complexity index is 372. The fourth-order valence-electron chi connectivity index (χ4n) is 2.59. The Balaban J connectivity index is 1.75. The molecule has 0 bridgehead atoms. The molecule has 1 heterocycles. The third-order valence-electron chi connectivity index (χ3n) is 3.75. The first-order chi connectivity index (χ1) is 9.31. The van der Waals surface area contributed by atoms with E-state index >= 15 is 0 Å². The fourth-order valence-corrected chi connectivity index (χ4v) is 2.59. The van der Waals surface area contributed by atoms with Gasteiger partial charge >= 0.3 is 0 Å². The molecule has 106 valence electrons. The standard InChI is InChI=1S/C15H26N4/c1-14-4-2-3-5-15(14)19-12-10-18(11-13-19)9-8-17-7-6-16/h2-5,17H,6-13,16H2,1H3. The lowest BCUT2D eigenvalue weighted by Crippen LogP contribution is -2.48. The van der Waals surface area contributed by atoms with Gasteiger partial charge in [0.15, 0.2) is 0 Å². The monoisotopic (exact) mass is 262 g/mol. The SMILES string of the molecule is Cc1ccccc1N1CCN(CCNCCN)CC1. The Kier molecular flexibility index (Phi) is 5.63. The van der Waals surface area contributed by atoms with E-state index in [1.807, 2.05) is 0 Å². The number of para-hydroxylation sites is 1. The highest BCUT2D eigenvalue weighted by Gasteiger charge is 2.17. The number of anilines is 1. The van der Waals surface area contributed by atoms with Crippen LogP contribution in [0.15, 0.2) is 24.3 Å². The Labute approximate surface area is 116 Å². The van der Waals surface area contributed by atoms with E-state index in [9.17, 15) is 0 Å². The van der Waals surface area contributed by atoms with Gasteiger partial charge in [-0.2, -0.15) is 0 Å². The Morgan fingerprint density at radius 2 is 1.84 bits per heavy atom. The highest BCUT2D eigenvalue weighted by atomic mass is 15.3. The minimum Gasteiger partial charge on any atom is -0.369 e. The van der Waals surface area contributed by atoms with Gasteiger partial charge in [-0.05, 0) is 18.6 Å². The van der Waals surface area contributed by atoms with E-state index in [1.165, 1.54) is 11.3 Å². The maximum absolute atomic E-state index is 5.46. The number of nitrogens with two attached hydrogens (primary N) is 1. The molecule has 4 nitrogen and oxygen atoms in total. The highest BCUT2D eigenvalue weighted by Crippen LogP contribution is 2.20. The summed E-state index contributed by atoms with van der Waals surface area (Å²) >= 11 is 0. The van der Waals surface area contributed by atoms with Gasteiger partial charge in [-0.25, -0.2) is 0 Å². The van der Waals surface area contributed by atoms with Gasteiger partial charge in [0.2, 0.25) is 0 Å². The average Bonchev–Trinajstić information content (AvgIpc) is 2.45. The Morgan fingerprint density at radius 3 is 2.53 bits per heavy atom. The van der Waals surface area contributed by atoms with Gasteiger partial charge in [-0.3, -0.25) is 4.90 Å². The average molecular weight is 262 g/mol. The maximum atomic E-state index is 5.46. The van der Waals surface area contributed by atoms with Crippen LogP contribution in [0.2, 0.25) is 0 Å². The minimum atomic E-state index is 0.723. The lowest BCUT2D eigenvalue weighted by atomic mass is 10.1. The van der Waals surface area contributed by atoms with Crippen molar-refractivity contribution in [1.29, 1.82) is 0 Å². The van der Waals surface area contributed by atoms with Crippen LogP contribution in [0.3, 0.4) is 0 Å². The molecule has 1 aliphatic heterocycles. The molecule has 0 spiro atoms. The molecule has 0 amide bonds. The van der Waals surface area contributed by atoms with Crippen molar-refractivity contribution >= 4 is 5.69 Å². The van der Waals surface area contributed by atoms with Crippen molar-refractivity contribution in [3.05, 3.63) is 29.8 Å². The van der Waals surface area contributed by atoms with Gasteiger partial charge in [0.25, 0.3) is 0 Å². The molecule has 1 aromatic carbocycles. The topological polar surface area (TPSA) is 44.5 Å². The number of benzene rings is 1. The van der Waals surface area contributed by atoms with Crippen LogP contribution < -0.4 is 16.0 Å². The molecule has 1 fully saturated rings. The van der Waals surface area contributed by atoms with Crippen LogP contribution in [0, 0.1) is 6.92 Å². The van der Waals surface area contributed by atoms with E-state index in [4.69, 9.17) is 5.73 Å². The van der Waals surface area contributed by atoms with Gasteiger partial charge in [-0.1, -0.05) is 18.2 Å². The van der Waals surface area contributed by atoms with E-state index in [2.05, 4.69) is 46.3 Å². The lowest BCUT2D eigenvalue weighted by molar-refractivity contribution is 0.258. The quantitative estimate of drug-likeness (QED) is 0.740. The molecule has 2 rings (SSSR count). The Hall–Kier alpha value is -1.10. The largest absolute Gasteiger partial charge is 0.369 e. The van der Waals surface area contributed by atoms with Crippen LogP contribution in [0.1, 0.15) is 5.56 Å². The third kappa shape index (κ3) is 4.20. The molecule has 1 aromatic rings. The van der Waals surface area contributed by atoms with E-state index < -0.39 is 0 Å². The minimum absolute atomic E-state index is 0.723. The first-order valence-electron chi connectivity index (χ1n) is 7.25. The summed E-state index contributed by atoms with van der Waals surface area (Å²) in [6, 6.07) is 8.66. The molecule has 19 heavy (non-hydrogen) atoms. The molecule has 3 N–H and O–H groups in total. The van der Waals surface area contributed by atoms with E-state index in [0.717, 1.165) is 52.4 Å². The number of rotatable bonds is 6. The summed E-state index contributed by atoms with van der Waals surface area (Å²) in [7, 11) is 0. The van der Waals surface area contributed by atoms with E-state index in [0.29, 0.717) is 0 Å². The Morgan fingerprint density at radius 1 is 1.11 bits per heavy atom. The lowest BCUT2D eigenvalue weighted by Gasteiger charge is -2.36. The van der Waals surface area contributed by atoms with Gasteiger partial charge in [0.05, 0.1) is 0 Å². The molecular weight excluding hydrogens is 236 g/mol. The number of nitrogens with one attached hydrogen (secondary N) is 1. The van der Waals surface area contributed by atoms with Gasteiger partial charge in [0, 0.05) is 58.0 Å². The summed E-state index contributed by atoms with van der Waals surface area (Å²) in [5.41, 5.74) is 8.23. The van der Waals surface area contributed by atoms with Crippen LogP contribution in [0.5, 0.6) is 0 Å². The third-order valence-corrected chi connectivity index (χ3v) is 3.75. The smallest absolute Gasteiger partial charge is 0.0396 e. The zero-order chi connectivity index (χ0) is 13.5. The molecule has 0 atom stereocenters. The number of aryl methyl sites for hydroxylation is 1. The number of nitrogens with zero attached hydrogens (tertiary/aromatic N) is 2. The summed E-state index contributed by atoms with van der Waals surface area (Å²) in [4.78, 5) is 5.03. The van der Waals surface area contributed by atoms with Crippen LogP contribution >= 0.6 is 0 Å². The molecule has 0 unspecified atom stereocenters. The van der Waals surface area contributed by atoms with Crippen molar-refractivity contribution in [2.75, 3.05) is 57.3 Å². The van der Waals surface area contributed by atoms with Gasteiger partial charge in [0.1, 0.15) is 0 Å². The van der Waals surface area contributed by atoms with Crippen molar-refractivity contribution in [3.63, 3.8) is 0 Å². The van der Waals surface area contributed by atoms with Gasteiger partial charge < -0.3 is 16.0 Å². The molecule has 0 radical (unpaired) electrons. The zero-order valence-electron chi connectivity index (χ0n) is 11.9. The number of hydrogen-bond acceptors (Lipinski definition) is 4. The summed E-state index contributed by atoms with van der Waals surface area (Å²) in [5, 5.41) is 3.35. The van der Waals surface area contributed by atoms with Crippen LogP contribution in [0.4, 0.5) is 5.69 Å². The number of hydrogen-bond donors (Lipinski definition) is 2. The van der Waals surface area contributed by atoms with Crippen molar-refractivity contribution in [2.24, 2.45) is 5.73 Å². The maximum Gasteiger partial charge on any atom is 0.0396 e. The highest BCUT2D eigenvalue weighted by molar-refractivity contribution is 5.53. The second kappa shape index (κ2) is 7.48. The molecule has 4 heteroatoms. The molecule has 0 aliphatic carbocycles. The van der Waals surface area contributed by atoms with Crippen molar-refractivity contribution in [2.45, 2.75) is 6.92 Å². The summed E-state index contributed by atoms with van der Waals surface area (Å²) in [6.07, 6.45) is 0. The summed E-state index contributed by atoms with van der Waals surface area (Å²) in [6.45, 7) is 10.6. The van der Waals surface area contributed by atoms with Gasteiger partial charge in [-0.15, -0.1) is 0 Å². The second-order valence-corrected chi connectivity index (χ2v) is 5.15. The summed E-state index contributed by atoms with van der Waals surface area (Å²) in [5.74, 6) is 0. The van der Waals surface area contributed by atoms with Crippen molar-refractivity contribution in [1.82, 2.24) is 10.2 Å². The summed E-state index contributed by atoms with van der Waals surface area (Å²) < 4.78 is 0. The van der Waals surface area contributed by atoms with Crippen LogP contribution in [-0.4, -0.2) is 57.3 Å². The zero-order valence-corrected chi connectivity index (χ0v) is 11.9. The molecule has 0 saturated carbocycles. The molecule has 1 saturated heterocycles. The fraction of sp³-hybridized carbons (Fsp3) is 0.600. The number of piperazine rings is 1. The van der Waals surface area contributed by atoms with E-state index in [1.54, 1.807) is 0 Å². The molecule has 1 aliphatic rings. The van der Waals surface area contributed by atoms with Crippen molar-refractivity contribution < 1.29 is 0 Å².